The number of hydrogen-bond acceptors (Lipinski definition) is 5. The van der Waals surface area contributed by atoms with Crippen molar-refractivity contribution in [2.24, 2.45) is 11.7 Å². The number of nitrogens with one attached hydrogen (secondary N) is 1. The Bertz CT molecular complexity index is 446. The standard InChI is InChI=1S/C13H21N5O/c1-9(10-3-4-10)18(7-8-19-2)13-11(12(14)15)16-5-6-17-13/h5-6,9-10H,3-4,7-8H2,1-2H3,(H3,14,15). The normalized spacial score (nSPS) is 16.1. The van der Waals surface area contributed by atoms with Gasteiger partial charge in [-0.2, -0.15) is 0 Å². The number of aromatic nitrogens is 2. The van der Waals surface area contributed by atoms with E-state index in [9.17, 15) is 0 Å². The molecule has 104 valence electrons. The SMILES string of the molecule is COCCN(c1nccnc1C(=N)N)C(C)C1CC1. The van der Waals surface area contributed by atoms with Crippen molar-refractivity contribution in [1.29, 1.82) is 5.41 Å². The number of hydrogen-bond donors (Lipinski definition) is 2. The van der Waals surface area contributed by atoms with Gasteiger partial charge in [0, 0.05) is 32.1 Å². The monoisotopic (exact) mass is 263 g/mol. The second-order valence-electron chi connectivity index (χ2n) is 4.91. The van der Waals surface area contributed by atoms with E-state index in [4.69, 9.17) is 15.9 Å². The molecule has 3 N–H and O–H groups in total. The van der Waals surface area contributed by atoms with Crippen LogP contribution < -0.4 is 10.6 Å². The molecule has 1 aliphatic carbocycles. The van der Waals surface area contributed by atoms with E-state index in [0.717, 1.165) is 6.54 Å². The van der Waals surface area contributed by atoms with Gasteiger partial charge in [-0.05, 0) is 25.7 Å². The summed E-state index contributed by atoms with van der Waals surface area (Å²) in [5.41, 5.74) is 6.05. The third-order valence-electron chi connectivity index (χ3n) is 3.54. The van der Waals surface area contributed by atoms with Crippen LogP contribution in [0.1, 0.15) is 25.5 Å². The van der Waals surface area contributed by atoms with E-state index in [1.165, 1.54) is 12.8 Å². The Kier molecular flexibility index (Phi) is 4.31. The highest BCUT2D eigenvalue weighted by Crippen LogP contribution is 2.36. The largest absolute Gasteiger partial charge is 0.383 e. The molecule has 1 fully saturated rings. The summed E-state index contributed by atoms with van der Waals surface area (Å²) in [6.07, 6.45) is 5.71. The van der Waals surface area contributed by atoms with Gasteiger partial charge in [-0.15, -0.1) is 0 Å². The van der Waals surface area contributed by atoms with E-state index in [2.05, 4.69) is 21.8 Å². The minimum atomic E-state index is -0.0477. The molecule has 1 atom stereocenters. The molecule has 6 heteroatoms. The first-order valence-corrected chi connectivity index (χ1v) is 6.56. The predicted octanol–water partition coefficient (Wildman–Crippen LogP) is 1.01. The lowest BCUT2D eigenvalue weighted by atomic mass is 10.1. The average Bonchev–Trinajstić information content (AvgIpc) is 3.23. The Hall–Kier alpha value is -1.69. The van der Waals surface area contributed by atoms with Gasteiger partial charge in [-0.1, -0.05) is 0 Å². The number of nitrogens with zero attached hydrogens (tertiary/aromatic N) is 3. The summed E-state index contributed by atoms with van der Waals surface area (Å²) in [6, 6.07) is 0.366. The lowest BCUT2D eigenvalue weighted by Gasteiger charge is -2.31. The van der Waals surface area contributed by atoms with Crippen LogP contribution in [0.2, 0.25) is 0 Å². The summed E-state index contributed by atoms with van der Waals surface area (Å²) in [4.78, 5) is 10.7. The van der Waals surface area contributed by atoms with Crippen LogP contribution in [0.5, 0.6) is 0 Å². The summed E-state index contributed by atoms with van der Waals surface area (Å²) >= 11 is 0. The van der Waals surface area contributed by atoms with Crippen LogP contribution in [0.4, 0.5) is 5.82 Å². The van der Waals surface area contributed by atoms with Crippen molar-refractivity contribution in [1.82, 2.24) is 9.97 Å². The summed E-state index contributed by atoms with van der Waals surface area (Å²) in [6.45, 7) is 3.53. The van der Waals surface area contributed by atoms with Crippen molar-refractivity contribution >= 4 is 11.7 Å². The molecule has 0 spiro atoms. The van der Waals surface area contributed by atoms with Crippen molar-refractivity contribution in [2.75, 3.05) is 25.2 Å². The molecule has 1 heterocycles. The van der Waals surface area contributed by atoms with Crippen LogP contribution in [0.25, 0.3) is 0 Å². The number of methoxy groups -OCH3 is 1. The molecule has 1 aliphatic rings. The van der Waals surface area contributed by atoms with Gasteiger partial charge in [0.2, 0.25) is 0 Å². The molecule has 1 saturated carbocycles. The van der Waals surface area contributed by atoms with Crippen molar-refractivity contribution < 1.29 is 4.74 Å². The molecule has 0 bridgehead atoms. The number of amidine groups is 1. The number of rotatable bonds is 7. The Morgan fingerprint density at radius 3 is 2.79 bits per heavy atom. The third kappa shape index (κ3) is 3.20. The lowest BCUT2D eigenvalue weighted by Crippen LogP contribution is -2.39. The van der Waals surface area contributed by atoms with E-state index in [1.807, 2.05) is 0 Å². The van der Waals surface area contributed by atoms with Crippen LogP contribution in [0.3, 0.4) is 0 Å². The summed E-state index contributed by atoms with van der Waals surface area (Å²) in [5.74, 6) is 1.33. The molecule has 1 aromatic rings. The summed E-state index contributed by atoms with van der Waals surface area (Å²) in [7, 11) is 1.68. The van der Waals surface area contributed by atoms with E-state index in [1.54, 1.807) is 19.5 Å². The van der Waals surface area contributed by atoms with Crippen molar-refractivity contribution in [3.63, 3.8) is 0 Å². The molecule has 0 amide bonds. The van der Waals surface area contributed by atoms with Gasteiger partial charge in [0.25, 0.3) is 0 Å². The topological polar surface area (TPSA) is 88.1 Å². The molecule has 1 unspecified atom stereocenters. The smallest absolute Gasteiger partial charge is 0.158 e. The molecular weight excluding hydrogens is 242 g/mol. The first-order valence-electron chi connectivity index (χ1n) is 6.56. The minimum Gasteiger partial charge on any atom is -0.383 e. The fourth-order valence-corrected chi connectivity index (χ4v) is 2.26. The molecule has 0 radical (unpaired) electrons. The maximum Gasteiger partial charge on any atom is 0.158 e. The Morgan fingerprint density at radius 1 is 1.53 bits per heavy atom. The Balaban J connectivity index is 2.28. The van der Waals surface area contributed by atoms with E-state index >= 15 is 0 Å². The fraction of sp³-hybridized carbons (Fsp3) is 0.615. The molecule has 2 rings (SSSR count). The zero-order chi connectivity index (χ0) is 13.8. The first-order chi connectivity index (χ1) is 9.15. The van der Waals surface area contributed by atoms with Gasteiger partial charge in [-0.3, -0.25) is 5.41 Å². The van der Waals surface area contributed by atoms with Gasteiger partial charge in [-0.25, -0.2) is 9.97 Å². The average molecular weight is 263 g/mol. The number of anilines is 1. The number of ether oxygens (including phenoxy) is 1. The molecule has 6 nitrogen and oxygen atoms in total. The van der Waals surface area contributed by atoms with Crippen molar-refractivity contribution in [3.05, 3.63) is 18.1 Å². The van der Waals surface area contributed by atoms with Crippen LogP contribution in [-0.4, -0.2) is 42.1 Å². The van der Waals surface area contributed by atoms with Crippen LogP contribution >= 0.6 is 0 Å². The van der Waals surface area contributed by atoms with Gasteiger partial charge in [0.1, 0.15) is 11.5 Å². The zero-order valence-electron chi connectivity index (χ0n) is 11.5. The number of nitrogens with two attached hydrogens (primary N) is 1. The van der Waals surface area contributed by atoms with Gasteiger partial charge in [0.05, 0.1) is 6.61 Å². The van der Waals surface area contributed by atoms with Gasteiger partial charge < -0.3 is 15.4 Å². The summed E-state index contributed by atoms with van der Waals surface area (Å²) < 4.78 is 5.17. The summed E-state index contributed by atoms with van der Waals surface area (Å²) in [5, 5.41) is 7.63. The maximum absolute atomic E-state index is 7.63. The Labute approximate surface area is 113 Å². The van der Waals surface area contributed by atoms with Crippen LogP contribution in [0, 0.1) is 11.3 Å². The highest BCUT2D eigenvalue weighted by atomic mass is 16.5. The van der Waals surface area contributed by atoms with Crippen molar-refractivity contribution in [3.8, 4) is 0 Å². The first kappa shape index (κ1) is 13.7. The maximum atomic E-state index is 7.63. The molecule has 0 aliphatic heterocycles. The van der Waals surface area contributed by atoms with E-state index in [-0.39, 0.29) is 5.84 Å². The van der Waals surface area contributed by atoms with E-state index < -0.39 is 0 Å². The predicted molar refractivity (Wildman–Crippen MR) is 74.5 cm³/mol. The van der Waals surface area contributed by atoms with Crippen LogP contribution in [0.15, 0.2) is 12.4 Å². The van der Waals surface area contributed by atoms with Gasteiger partial charge in [0.15, 0.2) is 5.82 Å². The third-order valence-corrected chi connectivity index (χ3v) is 3.54. The van der Waals surface area contributed by atoms with E-state index in [0.29, 0.717) is 30.1 Å². The molecule has 0 aromatic carbocycles. The minimum absolute atomic E-state index is 0.0477. The second-order valence-corrected chi connectivity index (χ2v) is 4.91. The lowest BCUT2D eigenvalue weighted by molar-refractivity contribution is 0.202. The van der Waals surface area contributed by atoms with Crippen LogP contribution in [-0.2, 0) is 4.74 Å². The zero-order valence-corrected chi connectivity index (χ0v) is 11.5. The quantitative estimate of drug-likeness (QED) is 0.566. The van der Waals surface area contributed by atoms with Crippen molar-refractivity contribution in [2.45, 2.75) is 25.8 Å². The highest BCUT2D eigenvalue weighted by Gasteiger charge is 2.33. The Morgan fingerprint density at radius 2 is 2.21 bits per heavy atom. The molecule has 1 aromatic heterocycles. The second kappa shape index (κ2) is 5.97. The fourth-order valence-electron chi connectivity index (χ4n) is 2.26. The number of nitrogen functional groups attached to an aromatic ring is 1. The molecular formula is C13H21N5O. The highest BCUT2D eigenvalue weighted by molar-refractivity contribution is 5.97. The van der Waals surface area contributed by atoms with Gasteiger partial charge >= 0.3 is 0 Å². The molecule has 0 saturated heterocycles. The molecule has 19 heavy (non-hydrogen) atoms.